The van der Waals surface area contributed by atoms with E-state index in [1.54, 1.807) is 18.2 Å². The van der Waals surface area contributed by atoms with Crippen LogP contribution >= 0.6 is 0 Å². The van der Waals surface area contributed by atoms with Gasteiger partial charge in [-0.3, -0.25) is 0 Å². The van der Waals surface area contributed by atoms with Crippen LogP contribution in [0, 0.1) is 12.3 Å². The fourth-order valence-electron chi connectivity index (χ4n) is 3.26. The number of unbranched alkanes of at least 4 members (excludes halogenated alkanes) is 2. The molecule has 0 amide bonds. The highest BCUT2D eigenvalue weighted by Crippen LogP contribution is 2.40. The van der Waals surface area contributed by atoms with Gasteiger partial charge in [0.25, 0.3) is 0 Å². The van der Waals surface area contributed by atoms with Crippen molar-refractivity contribution in [2.45, 2.75) is 51.3 Å². The summed E-state index contributed by atoms with van der Waals surface area (Å²) in [5, 5.41) is 9.33. The summed E-state index contributed by atoms with van der Waals surface area (Å²) in [6.07, 6.45) is 4.08. The lowest BCUT2D eigenvalue weighted by atomic mass is 10.2. The van der Waals surface area contributed by atoms with E-state index in [2.05, 4.69) is 23.7 Å². The molecule has 9 nitrogen and oxygen atoms in total. The van der Waals surface area contributed by atoms with E-state index in [-0.39, 0.29) is 4.90 Å². The predicted molar refractivity (Wildman–Crippen MR) is 134 cm³/mol. The highest BCUT2D eigenvalue weighted by atomic mass is 32.2. The summed E-state index contributed by atoms with van der Waals surface area (Å²) in [5.74, 6) is 1.33. The standard InChI is InChI=1S/C18H28N3O3.C7H8O3S/c1-3-5-9-23-17-14-16(21-7-11-22-12-8-21)18(13-15(17)20-19)24-10-6-4-2;1-6-2-4-7(5-3-6)11(8,9)10/h13-14H,3-12H2,1-2H3;2-5H,1H3,(H,8,9,10)/q+1;/p-1. The molecular formula is C25H35N3O6S. The van der Waals surface area contributed by atoms with Crippen molar-refractivity contribution in [3.05, 3.63) is 46.9 Å². The maximum atomic E-state index is 10.4. The number of ether oxygens (including phenoxy) is 3. The molecule has 0 unspecified atom stereocenters. The summed E-state index contributed by atoms with van der Waals surface area (Å²) >= 11 is 0. The van der Waals surface area contributed by atoms with Gasteiger partial charge < -0.3 is 23.7 Å². The second-order valence-corrected chi connectivity index (χ2v) is 9.54. The molecule has 1 fully saturated rings. The van der Waals surface area contributed by atoms with E-state index in [9.17, 15) is 18.4 Å². The van der Waals surface area contributed by atoms with Crippen molar-refractivity contribution in [1.82, 2.24) is 0 Å². The Morgan fingerprint density at radius 1 is 1.00 bits per heavy atom. The Balaban J connectivity index is 0.000000328. The van der Waals surface area contributed by atoms with Gasteiger partial charge in [-0.15, -0.1) is 0 Å². The number of anilines is 1. The van der Waals surface area contributed by atoms with E-state index in [0.29, 0.717) is 37.9 Å². The molecule has 0 aromatic heterocycles. The first kappa shape index (κ1) is 28.4. The number of benzene rings is 2. The monoisotopic (exact) mass is 505 g/mol. The zero-order valence-corrected chi connectivity index (χ0v) is 21.6. The molecule has 1 heterocycles. The summed E-state index contributed by atoms with van der Waals surface area (Å²) in [4.78, 5) is 5.43. The molecule has 1 aliphatic heterocycles. The van der Waals surface area contributed by atoms with E-state index in [0.717, 1.165) is 55.8 Å². The summed E-state index contributed by atoms with van der Waals surface area (Å²) in [5.41, 5.74) is 2.32. The van der Waals surface area contributed by atoms with Crippen LogP contribution < -0.4 is 14.4 Å². The van der Waals surface area contributed by atoms with Gasteiger partial charge >= 0.3 is 5.69 Å². The Morgan fingerprint density at radius 3 is 2.09 bits per heavy atom. The molecule has 1 aliphatic rings. The lowest BCUT2D eigenvalue weighted by Crippen LogP contribution is -2.36. The number of nitrogens with zero attached hydrogens (tertiary/aromatic N) is 3. The van der Waals surface area contributed by atoms with Gasteiger partial charge in [-0.05, 0) is 31.9 Å². The van der Waals surface area contributed by atoms with Gasteiger partial charge in [-0.25, -0.2) is 8.42 Å². The van der Waals surface area contributed by atoms with E-state index < -0.39 is 10.1 Å². The summed E-state index contributed by atoms with van der Waals surface area (Å²) < 4.78 is 48.4. The summed E-state index contributed by atoms with van der Waals surface area (Å²) in [6, 6.07) is 9.48. The van der Waals surface area contributed by atoms with E-state index in [1.807, 2.05) is 13.0 Å². The highest BCUT2D eigenvalue weighted by molar-refractivity contribution is 7.85. The summed E-state index contributed by atoms with van der Waals surface area (Å²) in [7, 11) is -4.27. The van der Waals surface area contributed by atoms with Crippen LogP contribution in [0.25, 0.3) is 4.98 Å². The first-order valence-corrected chi connectivity index (χ1v) is 13.3. The maximum absolute atomic E-state index is 10.4. The van der Waals surface area contributed by atoms with Crippen molar-refractivity contribution in [3.8, 4) is 11.5 Å². The first-order chi connectivity index (χ1) is 16.8. The van der Waals surface area contributed by atoms with Crippen LogP contribution in [0.5, 0.6) is 11.5 Å². The fraction of sp³-hybridized carbons (Fsp3) is 0.520. The normalized spacial score (nSPS) is 13.4. The van der Waals surface area contributed by atoms with E-state index >= 15 is 0 Å². The molecule has 0 spiro atoms. The molecule has 10 heteroatoms. The number of hydrogen-bond acceptors (Lipinski definition) is 8. The van der Waals surface area contributed by atoms with Gasteiger partial charge in [0.2, 0.25) is 11.1 Å². The molecular weight excluding hydrogens is 470 g/mol. The van der Waals surface area contributed by atoms with Crippen molar-refractivity contribution in [2.75, 3.05) is 44.4 Å². The van der Waals surface area contributed by atoms with Crippen molar-refractivity contribution < 1.29 is 27.2 Å². The molecule has 0 bridgehead atoms. The third kappa shape index (κ3) is 9.36. The maximum Gasteiger partial charge on any atom is 0.430 e. The number of diazo groups is 1. The lowest BCUT2D eigenvalue weighted by Gasteiger charge is -2.30. The molecule has 192 valence electrons. The molecule has 2 aromatic rings. The van der Waals surface area contributed by atoms with Crippen molar-refractivity contribution in [1.29, 1.82) is 5.39 Å². The highest BCUT2D eigenvalue weighted by Gasteiger charge is 2.25. The largest absolute Gasteiger partial charge is 0.744 e. The van der Waals surface area contributed by atoms with Crippen LogP contribution in [0.3, 0.4) is 0 Å². The quantitative estimate of drug-likeness (QED) is 0.244. The number of rotatable bonds is 10. The average molecular weight is 506 g/mol. The lowest BCUT2D eigenvalue weighted by molar-refractivity contribution is 0.122. The molecule has 0 aliphatic carbocycles. The van der Waals surface area contributed by atoms with Crippen molar-refractivity contribution in [2.24, 2.45) is 0 Å². The molecule has 0 atom stereocenters. The molecule has 0 N–H and O–H groups in total. The SMILES string of the molecule is CCCCOc1cc(N2CCOCC2)c(OCCCC)cc1[N+]#N.Cc1ccc(S(=O)(=O)[O-])cc1. The Morgan fingerprint density at radius 2 is 1.57 bits per heavy atom. The number of hydrogen-bond donors (Lipinski definition) is 0. The molecule has 0 saturated carbocycles. The van der Waals surface area contributed by atoms with Crippen LogP contribution in [0.1, 0.15) is 45.1 Å². The van der Waals surface area contributed by atoms with Gasteiger partial charge in [0.05, 0.1) is 43.1 Å². The Bertz CT molecular complexity index is 1060. The van der Waals surface area contributed by atoms with E-state index in [1.165, 1.54) is 12.1 Å². The van der Waals surface area contributed by atoms with Gasteiger partial charge in [-0.1, -0.05) is 44.4 Å². The van der Waals surface area contributed by atoms with Crippen LogP contribution in [0.15, 0.2) is 41.3 Å². The molecule has 2 aromatic carbocycles. The Hall–Kier alpha value is -2.87. The zero-order valence-electron chi connectivity index (χ0n) is 20.7. The third-order valence-corrected chi connectivity index (χ3v) is 6.17. The Labute approximate surface area is 208 Å². The minimum absolute atomic E-state index is 0.178. The van der Waals surface area contributed by atoms with Crippen LogP contribution in [0.2, 0.25) is 0 Å². The van der Waals surface area contributed by atoms with Crippen molar-refractivity contribution in [3.63, 3.8) is 0 Å². The van der Waals surface area contributed by atoms with E-state index in [4.69, 9.17) is 14.2 Å². The molecule has 3 rings (SSSR count). The first-order valence-electron chi connectivity index (χ1n) is 11.9. The van der Waals surface area contributed by atoms with Gasteiger partial charge in [0, 0.05) is 19.2 Å². The van der Waals surface area contributed by atoms with Gasteiger partial charge in [0.1, 0.15) is 10.1 Å². The van der Waals surface area contributed by atoms with Crippen LogP contribution in [0.4, 0.5) is 11.4 Å². The second kappa shape index (κ2) is 14.5. The predicted octanol–water partition coefficient (Wildman–Crippen LogP) is 5.26. The minimum Gasteiger partial charge on any atom is -0.744 e. The average Bonchev–Trinajstić information content (AvgIpc) is 2.85. The molecule has 35 heavy (non-hydrogen) atoms. The molecule has 0 radical (unpaired) electrons. The number of aryl methyl sites for hydroxylation is 1. The minimum atomic E-state index is -4.27. The smallest absolute Gasteiger partial charge is 0.430 e. The molecule has 1 saturated heterocycles. The van der Waals surface area contributed by atoms with Gasteiger partial charge in [-0.2, -0.15) is 0 Å². The van der Waals surface area contributed by atoms with Crippen molar-refractivity contribution >= 4 is 21.5 Å². The summed E-state index contributed by atoms with van der Waals surface area (Å²) in [6.45, 7) is 10.4. The topological polar surface area (TPSA) is 116 Å². The second-order valence-electron chi connectivity index (χ2n) is 8.16. The third-order valence-electron chi connectivity index (χ3n) is 5.32. The Kier molecular flexibility index (Phi) is 11.8. The van der Waals surface area contributed by atoms with Crippen LogP contribution in [-0.2, 0) is 14.9 Å². The zero-order chi connectivity index (χ0) is 25.7. The number of morpholine rings is 1. The van der Waals surface area contributed by atoms with Gasteiger partial charge in [0.15, 0.2) is 10.7 Å². The fourth-order valence-corrected chi connectivity index (χ4v) is 3.73. The van der Waals surface area contributed by atoms with Crippen LogP contribution in [-0.4, -0.2) is 52.5 Å².